The summed E-state index contributed by atoms with van der Waals surface area (Å²) >= 11 is 0. The monoisotopic (exact) mass is 367 g/mol. The third kappa shape index (κ3) is 3.90. The van der Waals surface area contributed by atoms with Crippen molar-refractivity contribution in [2.45, 2.75) is 32.5 Å². The van der Waals surface area contributed by atoms with Crippen LogP contribution >= 0.6 is 0 Å². The summed E-state index contributed by atoms with van der Waals surface area (Å²) in [5.74, 6) is 0.124. The van der Waals surface area contributed by atoms with Gasteiger partial charge in [-0.1, -0.05) is 5.16 Å². The lowest BCUT2D eigenvalue weighted by molar-refractivity contribution is 0.0569. The van der Waals surface area contributed by atoms with Crippen LogP contribution in [0, 0.1) is 6.92 Å². The Morgan fingerprint density at radius 1 is 1.30 bits per heavy atom. The van der Waals surface area contributed by atoms with Crippen LogP contribution in [0.15, 0.2) is 47.4 Å². The fourth-order valence-corrected chi connectivity index (χ4v) is 3.26. The lowest BCUT2D eigenvalue weighted by Gasteiger charge is -2.33. The number of hydrogen-bond acceptors (Lipinski definition) is 6. The van der Waals surface area contributed by atoms with Gasteiger partial charge >= 0.3 is 0 Å². The van der Waals surface area contributed by atoms with Crippen molar-refractivity contribution in [3.8, 4) is 0 Å². The van der Waals surface area contributed by atoms with Gasteiger partial charge in [0, 0.05) is 37.8 Å². The molecule has 3 aromatic heterocycles. The molecule has 0 aromatic carbocycles. The van der Waals surface area contributed by atoms with Crippen molar-refractivity contribution < 1.29 is 14.1 Å². The van der Waals surface area contributed by atoms with Gasteiger partial charge in [-0.3, -0.25) is 14.5 Å². The molecule has 1 amide bonds. The van der Waals surface area contributed by atoms with Crippen LogP contribution < -0.4 is 0 Å². The van der Waals surface area contributed by atoms with E-state index < -0.39 is 0 Å². The third-order valence-electron chi connectivity index (χ3n) is 4.62. The lowest BCUT2D eigenvalue weighted by atomic mass is 10.1. The zero-order valence-electron chi connectivity index (χ0n) is 15.1. The highest BCUT2D eigenvalue weighted by Gasteiger charge is 2.30. The van der Waals surface area contributed by atoms with E-state index in [1.165, 1.54) is 0 Å². The maximum absolute atomic E-state index is 12.7. The van der Waals surface area contributed by atoms with Crippen molar-refractivity contribution in [3.63, 3.8) is 0 Å². The van der Waals surface area contributed by atoms with Crippen molar-refractivity contribution in [3.05, 3.63) is 65.6 Å². The summed E-state index contributed by atoms with van der Waals surface area (Å²) in [7, 11) is 0. The molecule has 0 fully saturated rings. The molecule has 8 heteroatoms. The van der Waals surface area contributed by atoms with Gasteiger partial charge in [0.05, 0.1) is 30.6 Å². The molecule has 140 valence electrons. The van der Waals surface area contributed by atoms with Crippen LogP contribution in [0.25, 0.3) is 0 Å². The van der Waals surface area contributed by atoms with E-state index in [9.17, 15) is 4.79 Å². The first-order valence-corrected chi connectivity index (χ1v) is 8.92. The van der Waals surface area contributed by atoms with Crippen LogP contribution in [0.3, 0.4) is 0 Å². The van der Waals surface area contributed by atoms with Gasteiger partial charge in [-0.25, -0.2) is 0 Å². The Bertz CT molecular complexity index is 905. The third-order valence-corrected chi connectivity index (χ3v) is 4.62. The standard InChI is InChI=1S/C19H21N5O3/c1-14-10-18(27-22-14)19(25)23-11-16-4-8-21-24(16)17(12-23)5-9-26-13-15-2-6-20-7-3-15/h2-4,6-8,10,17H,5,9,11-13H2,1H3/t17-/m0/s1. The number of aromatic nitrogens is 4. The molecule has 1 atom stereocenters. The summed E-state index contributed by atoms with van der Waals surface area (Å²) < 4.78 is 12.9. The van der Waals surface area contributed by atoms with E-state index >= 15 is 0 Å². The first-order chi connectivity index (χ1) is 13.2. The number of pyridine rings is 1. The molecule has 0 N–H and O–H groups in total. The molecule has 4 rings (SSSR count). The lowest BCUT2D eigenvalue weighted by Crippen LogP contribution is -2.41. The van der Waals surface area contributed by atoms with Crippen molar-refractivity contribution >= 4 is 5.91 Å². The number of hydrogen-bond donors (Lipinski definition) is 0. The predicted molar refractivity (Wildman–Crippen MR) is 95.8 cm³/mol. The fourth-order valence-electron chi connectivity index (χ4n) is 3.26. The summed E-state index contributed by atoms with van der Waals surface area (Å²) in [4.78, 5) is 18.5. The highest BCUT2D eigenvalue weighted by Crippen LogP contribution is 2.24. The molecule has 0 spiro atoms. The molecule has 4 heterocycles. The van der Waals surface area contributed by atoms with Gasteiger partial charge in [0.1, 0.15) is 0 Å². The second kappa shape index (κ2) is 7.71. The van der Waals surface area contributed by atoms with E-state index in [2.05, 4.69) is 15.2 Å². The SMILES string of the molecule is Cc1cc(C(=O)N2Cc3ccnn3[C@@H](CCOCc3ccncc3)C2)on1. The quantitative estimate of drug-likeness (QED) is 0.622. The number of aryl methyl sites for hydroxylation is 1. The molecule has 8 nitrogen and oxygen atoms in total. The Hall–Kier alpha value is -3.00. The van der Waals surface area contributed by atoms with Gasteiger partial charge in [-0.05, 0) is 37.1 Å². The van der Waals surface area contributed by atoms with E-state index in [-0.39, 0.29) is 17.7 Å². The molecule has 0 bridgehead atoms. The molecule has 27 heavy (non-hydrogen) atoms. The Morgan fingerprint density at radius 2 is 2.15 bits per heavy atom. The van der Waals surface area contributed by atoms with Crippen LogP contribution in [0.5, 0.6) is 0 Å². The first kappa shape index (κ1) is 17.4. The maximum Gasteiger partial charge on any atom is 0.292 e. The summed E-state index contributed by atoms with van der Waals surface area (Å²) in [6.07, 6.45) is 6.04. The van der Waals surface area contributed by atoms with Gasteiger partial charge in [0.25, 0.3) is 5.91 Å². The molecule has 0 unspecified atom stereocenters. The van der Waals surface area contributed by atoms with E-state index in [0.29, 0.717) is 32.0 Å². The minimum atomic E-state index is -0.147. The number of ether oxygens (including phenoxy) is 1. The van der Waals surface area contributed by atoms with Crippen molar-refractivity contribution in [1.29, 1.82) is 0 Å². The summed E-state index contributed by atoms with van der Waals surface area (Å²) in [5.41, 5.74) is 2.79. The Morgan fingerprint density at radius 3 is 2.93 bits per heavy atom. The van der Waals surface area contributed by atoms with Crippen LogP contribution in [0.2, 0.25) is 0 Å². The number of fused-ring (bicyclic) bond motifs is 1. The average molecular weight is 367 g/mol. The molecule has 0 aliphatic carbocycles. The Kier molecular flexibility index (Phi) is 4.97. The summed E-state index contributed by atoms with van der Waals surface area (Å²) in [6, 6.07) is 7.55. The Balaban J connectivity index is 1.39. The zero-order chi connectivity index (χ0) is 18.6. The average Bonchev–Trinajstić information content (AvgIpc) is 3.34. The second-order valence-corrected chi connectivity index (χ2v) is 6.64. The number of amides is 1. The van der Waals surface area contributed by atoms with Gasteiger partial charge in [-0.2, -0.15) is 5.10 Å². The smallest absolute Gasteiger partial charge is 0.292 e. The zero-order valence-corrected chi connectivity index (χ0v) is 15.1. The molecule has 0 saturated heterocycles. The van der Waals surface area contributed by atoms with E-state index in [1.807, 2.05) is 22.9 Å². The topological polar surface area (TPSA) is 86.3 Å². The normalized spacial score (nSPS) is 16.3. The number of rotatable bonds is 6. The molecular formula is C19H21N5O3. The highest BCUT2D eigenvalue weighted by atomic mass is 16.5. The minimum absolute atomic E-state index is 0.0640. The molecule has 0 saturated carbocycles. The Labute approximate surface area is 156 Å². The number of carbonyl (C=O) groups excluding carboxylic acids is 1. The number of nitrogens with zero attached hydrogens (tertiary/aromatic N) is 5. The minimum Gasteiger partial charge on any atom is -0.377 e. The van der Waals surface area contributed by atoms with E-state index in [1.54, 1.807) is 36.5 Å². The summed E-state index contributed by atoms with van der Waals surface area (Å²) in [5, 5.41) is 8.24. The van der Waals surface area contributed by atoms with Gasteiger partial charge in [0.15, 0.2) is 0 Å². The molecule has 1 aliphatic rings. The van der Waals surface area contributed by atoms with Gasteiger partial charge < -0.3 is 14.2 Å². The largest absolute Gasteiger partial charge is 0.377 e. The first-order valence-electron chi connectivity index (χ1n) is 8.92. The summed E-state index contributed by atoms with van der Waals surface area (Å²) in [6.45, 7) is 3.99. The van der Waals surface area contributed by atoms with Crippen LogP contribution in [-0.4, -0.2) is 43.9 Å². The van der Waals surface area contributed by atoms with Gasteiger partial charge in [0.2, 0.25) is 5.76 Å². The molecule has 3 aromatic rings. The predicted octanol–water partition coefficient (Wildman–Crippen LogP) is 2.38. The van der Waals surface area contributed by atoms with Crippen LogP contribution in [0.1, 0.15) is 40.0 Å². The van der Waals surface area contributed by atoms with Gasteiger partial charge in [-0.15, -0.1) is 0 Å². The van der Waals surface area contributed by atoms with Crippen molar-refractivity contribution in [2.24, 2.45) is 0 Å². The molecule has 0 radical (unpaired) electrons. The highest BCUT2D eigenvalue weighted by molar-refractivity contribution is 5.91. The molecule has 1 aliphatic heterocycles. The van der Waals surface area contributed by atoms with Crippen LogP contribution in [0.4, 0.5) is 0 Å². The van der Waals surface area contributed by atoms with Crippen molar-refractivity contribution in [2.75, 3.05) is 13.2 Å². The second-order valence-electron chi connectivity index (χ2n) is 6.64. The number of carbonyl (C=O) groups is 1. The van der Waals surface area contributed by atoms with Crippen molar-refractivity contribution in [1.82, 2.24) is 24.8 Å². The van der Waals surface area contributed by atoms with E-state index in [4.69, 9.17) is 9.26 Å². The van der Waals surface area contributed by atoms with Crippen LogP contribution in [-0.2, 0) is 17.9 Å². The fraction of sp³-hybridized carbons (Fsp3) is 0.368. The van der Waals surface area contributed by atoms with E-state index in [0.717, 1.165) is 17.7 Å². The maximum atomic E-state index is 12.7. The molecular weight excluding hydrogens is 346 g/mol.